The van der Waals surface area contributed by atoms with Gasteiger partial charge in [-0.05, 0) is 28.9 Å². The zero-order valence-electron chi connectivity index (χ0n) is 8.90. The SMILES string of the molecule is CCONC(=O)c1csc(-c2cc(Br)cs2)n1. The van der Waals surface area contributed by atoms with E-state index in [0.717, 1.165) is 14.4 Å². The van der Waals surface area contributed by atoms with Crippen LogP contribution in [0, 0.1) is 0 Å². The second-order valence-corrected chi connectivity index (χ2v) is 5.72. The third kappa shape index (κ3) is 3.12. The number of nitrogens with zero attached hydrogens (tertiary/aromatic N) is 1. The van der Waals surface area contributed by atoms with Crippen LogP contribution < -0.4 is 5.48 Å². The molecule has 4 nitrogen and oxygen atoms in total. The van der Waals surface area contributed by atoms with Crippen molar-refractivity contribution in [3.63, 3.8) is 0 Å². The number of thiazole rings is 1. The Kier molecular flexibility index (Phi) is 4.27. The van der Waals surface area contributed by atoms with Crippen molar-refractivity contribution >= 4 is 44.5 Å². The number of thiophene rings is 1. The Bertz CT molecular complexity index is 524. The smallest absolute Gasteiger partial charge is 0.274 e. The molecule has 0 bridgehead atoms. The number of nitrogens with one attached hydrogen (secondary N) is 1. The summed E-state index contributed by atoms with van der Waals surface area (Å²) < 4.78 is 1.02. The van der Waals surface area contributed by atoms with E-state index in [4.69, 9.17) is 4.84 Å². The Labute approximate surface area is 115 Å². The summed E-state index contributed by atoms with van der Waals surface area (Å²) in [5.74, 6) is -0.315. The van der Waals surface area contributed by atoms with Gasteiger partial charge in [-0.25, -0.2) is 10.5 Å². The first-order valence-electron chi connectivity index (χ1n) is 4.82. The average molecular weight is 333 g/mol. The summed E-state index contributed by atoms with van der Waals surface area (Å²) in [6, 6.07) is 1.98. The van der Waals surface area contributed by atoms with Gasteiger partial charge in [-0.1, -0.05) is 0 Å². The van der Waals surface area contributed by atoms with Crippen LogP contribution in [0.2, 0.25) is 0 Å². The third-order valence-electron chi connectivity index (χ3n) is 1.82. The molecule has 0 atom stereocenters. The molecule has 17 heavy (non-hydrogen) atoms. The van der Waals surface area contributed by atoms with Crippen molar-refractivity contribution in [2.24, 2.45) is 0 Å². The normalized spacial score (nSPS) is 10.5. The van der Waals surface area contributed by atoms with Crippen molar-refractivity contribution in [3.05, 3.63) is 27.0 Å². The average Bonchev–Trinajstić information content (AvgIpc) is 2.93. The molecule has 0 aliphatic rings. The molecular formula is C10H9BrN2O2S2. The van der Waals surface area contributed by atoms with Crippen LogP contribution in [0.4, 0.5) is 0 Å². The molecule has 0 aliphatic heterocycles. The van der Waals surface area contributed by atoms with E-state index >= 15 is 0 Å². The predicted molar refractivity (Wildman–Crippen MR) is 72.2 cm³/mol. The van der Waals surface area contributed by atoms with E-state index in [1.807, 2.05) is 11.4 Å². The van der Waals surface area contributed by atoms with E-state index in [1.54, 1.807) is 23.6 Å². The summed E-state index contributed by atoms with van der Waals surface area (Å²) in [6.45, 7) is 2.23. The van der Waals surface area contributed by atoms with Crippen molar-refractivity contribution in [3.8, 4) is 9.88 Å². The van der Waals surface area contributed by atoms with Gasteiger partial charge in [0.05, 0.1) is 11.5 Å². The molecule has 1 amide bonds. The number of carbonyl (C=O) groups excluding carboxylic acids is 1. The monoisotopic (exact) mass is 332 g/mol. The van der Waals surface area contributed by atoms with Gasteiger partial charge < -0.3 is 0 Å². The van der Waals surface area contributed by atoms with Crippen LogP contribution in [0.1, 0.15) is 17.4 Å². The third-order valence-corrected chi connectivity index (χ3v) is 4.53. The number of hydrogen-bond donors (Lipinski definition) is 1. The van der Waals surface area contributed by atoms with E-state index < -0.39 is 0 Å². The molecule has 0 aliphatic carbocycles. The molecule has 1 N–H and O–H groups in total. The summed E-state index contributed by atoms with van der Waals surface area (Å²) in [6.07, 6.45) is 0. The molecule has 2 heterocycles. The molecule has 2 aromatic rings. The summed E-state index contributed by atoms with van der Waals surface area (Å²) in [4.78, 5) is 21.7. The van der Waals surface area contributed by atoms with E-state index in [2.05, 4.69) is 26.4 Å². The number of hydrogen-bond acceptors (Lipinski definition) is 5. The summed E-state index contributed by atoms with van der Waals surface area (Å²) >= 11 is 6.41. The molecule has 0 fully saturated rings. The molecule has 0 radical (unpaired) electrons. The maximum Gasteiger partial charge on any atom is 0.294 e. The number of aromatic nitrogens is 1. The maximum absolute atomic E-state index is 11.6. The first-order valence-corrected chi connectivity index (χ1v) is 7.38. The highest BCUT2D eigenvalue weighted by Crippen LogP contribution is 2.31. The van der Waals surface area contributed by atoms with Crippen LogP contribution in [-0.4, -0.2) is 17.5 Å². The Morgan fingerprint density at radius 2 is 2.35 bits per heavy atom. The van der Waals surface area contributed by atoms with Crippen LogP contribution in [0.3, 0.4) is 0 Å². The molecule has 2 rings (SSSR count). The lowest BCUT2D eigenvalue weighted by Gasteiger charge is -1.99. The van der Waals surface area contributed by atoms with E-state index in [0.29, 0.717) is 12.3 Å². The lowest BCUT2D eigenvalue weighted by atomic mass is 10.4. The zero-order chi connectivity index (χ0) is 12.3. The van der Waals surface area contributed by atoms with Gasteiger partial charge in [-0.15, -0.1) is 22.7 Å². The Hall–Kier alpha value is -0.760. The highest BCUT2D eigenvalue weighted by Gasteiger charge is 2.12. The molecule has 7 heteroatoms. The van der Waals surface area contributed by atoms with Crippen LogP contribution in [0.5, 0.6) is 0 Å². The van der Waals surface area contributed by atoms with Crippen LogP contribution in [0.15, 0.2) is 21.3 Å². The van der Waals surface area contributed by atoms with Gasteiger partial charge in [-0.2, -0.15) is 0 Å². The second-order valence-electron chi connectivity index (χ2n) is 3.03. The van der Waals surface area contributed by atoms with Gasteiger partial charge in [0.25, 0.3) is 5.91 Å². The van der Waals surface area contributed by atoms with Gasteiger partial charge in [0.15, 0.2) is 0 Å². The largest absolute Gasteiger partial charge is 0.294 e. The molecule has 0 spiro atoms. The Morgan fingerprint density at radius 1 is 1.53 bits per heavy atom. The lowest BCUT2D eigenvalue weighted by molar-refractivity contribution is 0.0360. The van der Waals surface area contributed by atoms with E-state index in [-0.39, 0.29) is 5.91 Å². The number of carbonyl (C=O) groups is 1. The van der Waals surface area contributed by atoms with Crippen LogP contribution >= 0.6 is 38.6 Å². The molecular weight excluding hydrogens is 324 g/mol. The standard InChI is InChI=1S/C10H9BrN2O2S2/c1-2-15-13-9(14)7-5-17-10(12-7)8-3-6(11)4-16-8/h3-5H,2H2,1H3,(H,13,14). The van der Waals surface area contributed by atoms with Gasteiger partial charge in [0.1, 0.15) is 10.7 Å². The summed E-state index contributed by atoms with van der Waals surface area (Å²) in [5.41, 5.74) is 2.70. The first kappa shape index (κ1) is 12.7. The topological polar surface area (TPSA) is 51.2 Å². The summed E-state index contributed by atoms with van der Waals surface area (Å²) in [7, 11) is 0. The summed E-state index contributed by atoms with van der Waals surface area (Å²) in [5, 5.41) is 4.54. The van der Waals surface area contributed by atoms with Gasteiger partial charge in [-0.3, -0.25) is 9.63 Å². The minimum atomic E-state index is -0.315. The fraction of sp³-hybridized carbons (Fsp3) is 0.200. The minimum Gasteiger partial charge on any atom is -0.274 e. The maximum atomic E-state index is 11.6. The lowest BCUT2D eigenvalue weighted by Crippen LogP contribution is -2.23. The number of hydroxylamine groups is 1. The Balaban J connectivity index is 2.13. The second kappa shape index (κ2) is 5.72. The predicted octanol–water partition coefficient (Wildman–Crippen LogP) is 3.32. The number of halogens is 1. The van der Waals surface area contributed by atoms with E-state index in [1.165, 1.54) is 11.3 Å². The Morgan fingerprint density at radius 3 is 3.00 bits per heavy atom. The van der Waals surface area contributed by atoms with E-state index in [9.17, 15) is 4.79 Å². The number of rotatable bonds is 4. The molecule has 0 aromatic carbocycles. The van der Waals surface area contributed by atoms with Crippen molar-refractivity contribution in [1.82, 2.24) is 10.5 Å². The van der Waals surface area contributed by atoms with Crippen molar-refractivity contribution < 1.29 is 9.63 Å². The number of amides is 1. The molecule has 0 saturated heterocycles. The molecule has 90 valence electrons. The van der Waals surface area contributed by atoms with Gasteiger partial charge in [0.2, 0.25) is 0 Å². The molecule has 2 aromatic heterocycles. The molecule has 0 unspecified atom stereocenters. The van der Waals surface area contributed by atoms with Crippen molar-refractivity contribution in [2.75, 3.05) is 6.61 Å². The fourth-order valence-corrected chi connectivity index (χ4v) is 3.41. The minimum absolute atomic E-state index is 0.315. The van der Waals surface area contributed by atoms with Gasteiger partial charge >= 0.3 is 0 Å². The van der Waals surface area contributed by atoms with Crippen LogP contribution in [0.25, 0.3) is 9.88 Å². The molecule has 0 saturated carbocycles. The van der Waals surface area contributed by atoms with Crippen molar-refractivity contribution in [1.29, 1.82) is 0 Å². The first-order chi connectivity index (χ1) is 8.20. The van der Waals surface area contributed by atoms with Crippen molar-refractivity contribution in [2.45, 2.75) is 6.92 Å². The van der Waals surface area contributed by atoms with Crippen LogP contribution in [-0.2, 0) is 4.84 Å². The van der Waals surface area contributed by atoms with Gasteiger partial charge in [0, 0.05) is 15.2 Å². The fourth-order valence-electron chi connectivity index (χ4n) is 1.11. The zero-order valence-corrected chi connectivity index (χ0v) is 12.1. The highest BCUT2D eigenvalue weighted by molar-refractivity contribution is 9.10. The highest BCUT2D eigenvalue weighted by atomic mass is 79.9. The quantitative estimate of drug-likeness (QED) is 0.874.